The van der Waals surface area contributed by atoms with E-state index in [-0.39, 0.29) is 5.56 Å². The van der Waals surface area contributed by atoms with Crippen molar-refractivity contribution in [2.75, 3.05) is 48.8 Å². The number of hydrogen-bond donors (Lipinski definition) is 3. The third kappa shape index (κ3) is 4.59. The molecular formula is C27H35N5OS. The number of nitrogens with one attached hydrogen (secondary N) is 3. The summed E-state index contributed by atoms with van der Waals surface area (Å²) in [6.07, 6.45) is 3.18. The van der Waals surface area contributed by atoms with Gasteiger partial charge >= 0.3 is 0 Å². The quantitative estimate of drug-likeness (QED) is 0.421. The fraction of sp³-hybridized carbons (Fsp3) is 0.444. The molecule has 0 unspecified atom stereocenters. The fourth-order valence-corrected chi connectivity index (χ4v) is 5.39. The van der Waals surface area contributed by atoms with Gasteiger partial charge in [-0.3, -0.25) is 4.79 Å². The third-order valence-electron chi connectivity index (χ3n) is 7.10. The smallest absolute Gasteiger partial charge is 0.259 e. The molecule has 6 nitrogen and oxygen atoms in total. The van der Waals surface area contributed by atoms with Gasteiger partial charge in [-0.25, -0.2) is 0 Å². The summed E-state index contributed by atoms with van der Waals surface area (Å²) >= 11 is 1.68. The lowest BCUT2D eigenvalue weighted by atomic mass is 10.0. The van der Waals surface area contributed by atoms with Crippen LogP contribution in [0, 0.1) is 6.92 Å². The SMILES string of the molecule is CC/C(C)=C(/Nc1cc(N2CCN(C)CC2)ccc1C)c1c(NC2CC2)c2sccc2[nH]c1=O. The van der Waals surface area contributed by atoms with E-state index in [0.717, 1.165) is 78.3 Å². The summed E-state index contributed by atoms with van der Waals surface area (Å²) < 4.78 is 1.12. The molecule has 0 bridgehead atoms. The number of fused-ring (bicyclic) bond motifs is 1. The van der Waals surface area contributed by atoms with Crippen molar-refractivity contribution in [2.45, 2.75) is 46.1 Å². The van der Waals surface area contributed by atoms with Gasteiger partial charge in [-0.1, -0.05) is 13.0 Å². The van der Waals surface area contributed by atoms with Gasteiger partial charge in [0.15, 0.2) is 0 Å². The number of H-pyrrole nitrogens is 1. The highest BCUT2D eigenvalue weighted by molar-refractivity contribution is 7.17. The largest absolute Gasteiger partial charge is 0.380 e. The molecule has 2 aromatic heterocycles. The minimum Gasteiger partial charge on any atom is -0.380 e. The first-order valence-corrected chi connectivity index (χ1v) is 13.2. The van der Waals surface area contributed by atoms with Gasteiger partial charge in [0.05, 0.1) is 27.2 Å². The molecule has 2 fully saturated rings. The van der Waals surface area contributed by atoms with Crippen LogP contribution in [0.15, 0.2) is 40.0 Å². The Morgan fingerprint density at radius 3 is 2.65 bits per heavy atom. The van der Waals surface area contributed by atoms with Crippen molar-refractivity contribution < 1.29 is 0 Å². The number of piperazine rings is 1. The standard InChI is InChI=1S/C27H35N5OS/c1-5-17(2)24(23-25(28-19-7-8-19)26-21(10-15-34-26)30-27(23)33)29-22-16-20(9-6-18(22)3)32-13-11-31(4)12-14-32/h6,9-10,15-16,19,29H,5,7-8,11-14H2,1-4H3,(H2,28,30,33)/b24-17+. The molecule has 0 atom stereocenters. The number of thiophene rings is 1. The first-order chi connectivity index (χ1) is 16.4. The molecule has 2 aliphatic rings. The number of likely N-dealkylation sites (N-methyl/N-ethyl adjacent to an activating group) is 1. The molecule has 3 aromatic rings. The van der Waals surface area contributed by atoms with Gasteiger partial charge in [0.1, 0.15) is 0 Å². The third-order valence-corrected chi connectivity index (χ3v) is 8.03. The highest BCUT2D eigenvalue weighted by atomic mass is 32.1. The maximum Gasteiger partial charge on any atom is 0.259 e. The van der Waals surface area contributed by atoms with Crippen molar-refractivity contribution in [1.29, 1.82) is 0 Å². The molecule has 0 radical (unpaired) electrons. The zero-order valence-corrected chi connectivity index (χ0v) is 21.4. The first kappa shape index (κ1) is 23.0. The van der Waals surface area contributed by atoms with Crippen LogP contribution in [0.4, 0.5) is 17.1 Å². The lowest BCUT2D eigenvalue weighted by Gasteiger charge is -2.34. The van der Waals surface area contributed by atoms with Crippen molar-refractivity contribution in [1.82, 2.24) is 9.88 Å². The van der Waals surface area contributed by atoms with Gasteiger partial charge in [0.2, 0.25) is 0 Å². The number of pyridine rings is 1. The van der Waals surface area contributed by atoms with Crippen LogP contribution in [0.2, 0.25) is 0 Å². The Morgan fingerprint density at radius 2 is 1.94 bits per heavy atom. The Kier molecular flexibility index (Phi) is 6.40. The highest BCUT2D eigenvalue weighted by Gasteiger charge is 2.27. The van der Waals surface area contributed by atoms with Crippen LogP contribution in [0.25, 0.3) is 15.9 Å². The van der Waals surface area contributed by atoms with Crippen LogP contribution in [0.5, 0.6) is 0 Å². The number of allylic oxidation sites excluding steroid dienone is 1. The van der Waals surface area contributed by atoms with E-state index in [9.17, 15) is 4.79 Å². The predicted molar refractivity (Wildman–Crippen MR) is 146 cm³/mol. The summed E-state index contributed by atoms with van der Waals surface area (Å²) in [7, 11) is 2.18. The maximum atomic E-state index is 13.5. The Bertz CT molecular complexity index is 1280. The number of aromatic amines is 1. The minimum absolute atomic E-state index is 0.0442. The minimum atomic E-state index is -0.0442. The van der Waals surface area contributed by atoms with Crippen molar-refractivity contribution in [3.63, 3.8) is 0 Å². The molecule has 0 spiro atoms. The lowest BCUT2D eigenvalue weighted by molar-refractivity contribution is 0.313. The van der Waals surface area contributed by atoms with Crippen LogP contribution in [-0.2, 0) is 0 Å². The maximum absolute atomic E-state index is 13.5. The second kappa shape index (κ2) is 9.47. The molecule has 3 heterocycles. The zero-order valence-electron chi connectivity index (χ0n) is 20.6. The van der Waals surface area contributed by atoms with Gasteiger partial charge < -0.3 is 25.4 Å². The molecular weight excluding hydrogens is 442 g/mol. The van der Waals surface area contributed by atoms with Crippen molar-refractivity contribution >= 4 is 44.3 Å². The normalized spacial score (nSPS) is 17.7. The van der Waals surface area contributed by atoms with Crippen molar-refractivity contribution in [3.8, 4) is 0 Å². The van der Waals surface area contributed by atoms with Gasteiger partial charge in [-0.15, -0.1) is 11.3 Å². The average Bonchev–Trinajstić information content (AvgIpc) is 3.53. The number of benzene rings is 1. The summed E-state index contributed by atoms with van der Waals surface area (Å²) in [4.78, 5) is 21.4. The predicted octanol–water partition coefficient (Wildman–Crippen LogP) is 5.48. The van der Waals surface area contributed by atoms with E-state index in [4.69, 9.17) is 0 Å². The topological polar surface area (TPSA) is 63.4 Å². The van der Waals surface area contributed by atoms with Crippen LogP contribution in [0.3, 0.4) is 0 Å². The Labute approximate surface area is 205 Å². The average molecular weight is 478 g/mol. The van der Waals surface area contributed by atoms with Crippen LogP contribution < -0.4 is 21.1 Å². The highest BCUT2D eigenvalue weighted by Crippen LogP contribution is 2.38. The van der Waals surface area contributed by atoms with Gasteiger partial charge in [0, 0.05) is 43.6 Å². The van der Waals surface area contributed by atoms with Crippen LogP contribution in [-0.4, -0.2) is 49.2 Å². The lowest BCUT2D eigenvalue weighted by Crippen LogP contribution is -2.44. The number of hydrogen-bond acceptors (Lipinski definition) is 6. The van der Waals surface area contributed by atoms with E-state index in [0.29, 0.717) is 6.04 Å². The van der Waals surface area contributed by atoms with Crippen LogP contribution >= 0.6 is 11.3 Å². The van der Waals surface area contributed by atoms with E-state index in [1.165, 1.54) is 16.8 Å². The Balaban J connectivity index is 1.57. The molecule has 0 amide bonds. The van der Waals surface area contributed by atoms with E-state index in [1.807, 2.05) is 6.07 Å². The second-order valence-corrected chi connectivity index (χ2v) is 10.6. The number of aromatic nitrogens is 1. The molecule has 5 rings (SSSR count). The summed E-state index contributed by atoms with van der Waals surface area (Å²) in [5, 5.41) is 9.46. The van der Waals surface area contributed by atoms with E-state index >= 15 is 0 Å². The summed E-state index contributed by atoms with van der Waals surface area (Å²) in [5.74, 6) is 0. The van der Waals surface area contributed by atoms with Gasteiger partial charge in [-0.2, -0.15) is 0 Å². The molecule has 1 aromatic carbocycles. The number of rotatable bonds is 7. The van der Waals surface area contributed by atoms with E-state index in [1.54, 1.807) is 11.3 Å². The molecule has 1 saturated heterocycles. The molecule has 3 N–H and O–H groups in total. The fourth-order valence-electron chi connectivity index (χ4n) is 4.52. The Morgan fingerprint density at radius 1 is 1.18 bits per heavy atom. The summed E-state index contributed by atoms with van der Waals surface area (Å²) in [6, 6.07) is 9.10. The van der Waals surface area contributed by atoms with Crippen molar-refractivity contribution in [3.05, 3.63) is 56.7 Å². The molecule has 1 saturated carbocycles. The molecule has 1 aliphatic heterocycles. The second-order valence-electron chi connectivity index (χ2n) is 9.71. The Hall–Kier alpha value is -2.77. The summed E-state index contributed by atoms with van der Waals surface area (Å²) in [5.41, 5.74) is 8.11. The molecule has 34 heavy (non-hydrogen) atoms. The van der Waals surface area contributed by atoms with Gasteiger partial charge in [0.25, 0.3) is 5.56 Å². The first-order valence-electron chi connectivity index (χ1n) is 12.4. The monoisotopic (exact) mass is 477 g/mol. The van der Waals surface area contributed by atoms with Crippen molar-refractivity contribution in [2.24, 2.45) is 0 Å². The number of nitrogens with zero attached hydrogens (tertiary/aromatic N) is 2. The molecule has 180 valence electrons. The molecule has 7 heteroatoms. The summed E-state index contributed by atoms with van der Waals surface area (Å²) in [6.45, 7) is 10.6. The number of anilines is 3. The van der Waals surface area contributed by atoms with Crippen LogP contribution in [0.1, 0.15) is 44.2 Å². The molecule has 1 aliphatic carbocycles. The number of aryl methyl sites for hydroxylation is 1. The zero-order chi connectivity index (χ0) is 23.8. The van der Waals surface area contributed by atoms with Gasteiger partial charge in [-0.05, 0) is 74.9 Å². The van der Waals surface area contributed by atoms with E-state index in [2.05, 4.69) is 76.8 Å². The van der Waals surface area contributed by atoms with E-state index < -0.39 is 0 Å².